The highest BCUT2D eigenvalue weighted by Gasteiger charge is 2.14. The zero-order valence-corrected chi connectivity index (χ0v) is 11.6. The quantitative estimate of drug-likeness (QED) is 0.835. The highest BCUT2D eigenvalue weighted by Crippen LogP contribution is 2.21. The van der Waals surface area contributed by atoms with Crippen molar-refractivity contribution in [2.24, 2.45) is 0 Å². The van der Waals surface area contributed by atoms with Gasteiger partial charge in [-0.3, -0.25) is 0 Å². The Morgan fingerprint density at radius 2 is 2.05 bits per heavy atom. The minimum atomic E-state index is -3.26. The fraction of sp³-hybridized carbons (Fsp3) is 0.500. The average Bonchev–Trinajstić information content (AvgIpc) is 2.37. The lowest BCUT2D eigenvalue weighted by Gasteiger charge is -2.29. The molecule has 0 spiro atoms. The van der Waals surface area contributed by atoms with Crippen molar-refractivity contribution >= 4 is 15.7 Å². The van der Waals surface area contributed by atoms with E-state index in [2.05, 4.69) is 10.0 Å². The van der Waals surface area contributed by atoms with Gasteiger partial charge in [0.05, 0.1) is 11.9 Å². The summed E-state index contributed by atoms with van der Waals surface area (Å²) in [4.78, 5) is 1.99. The van der Waals surface area contributed by atoms with Gasteiger partial charge in [0.2, 0.25) is 10.0 Å². The smallest absolute Gasteiger partial charge is 0.209 e. The lowest BCUT2D eigenvalue weighted by molar-refractivity contribution is 0.565. The number of benzene rings is 1. The van der Waals surface area contributed by atoms with E-state index < -0.39 is 10.0 Å². The molecule has 7 heteroatoms. The minimum Gasteiger partial charge on any atom is -0.367 e. The fourth-order valence-corrected chi connectivity index (χ4v) is 2.47. The molecule has 19 heavy (non-hydrogen) atoms. The molecule has 1 aromatic rings. The molecule has 1 heterocycles. The molecular weight excluding hydrogens is 269 g/mol. The van der Waals surface area contributed by atoms with E-state index >= 15 is 0 Å². The lowest BCUT2D eigenvalue weighted by Crippen LogP contribution is -2.43. The van der Waals surface area contributed by atoms with Gasteiger partial charge < -0.3 is 10.2 Å². The van der Waals surface area contributed by atoms with Crippen LogP contribution >= 0.6 is 0 Å². The third-order valence-corrected chi connectivity index (χ3v) is 3.68. The van der Waals surface area contributed by atoms with E-state index in [1.807, 2.05) is 4.90 Å². The van der Waals surface area contributed by atoms with Gasteiger partial charge in [-0.15, -0.1) is 0 Å². The van der Waals surface area contributed by atoms with Crippen LogP contribution in [-0.4, -0.2) is 40.9 Å². The molecule has 5 nitrogen and oxygen atoms in total. The maximum Gasteiger partial charge on any atom is 0.209 e. The van der Waals surface area contributed by atoms with Gasteiger partial charge in [0, 0.05) is 32.7 Å². The molecule has 0 amide bonds. The summed E-state index contributed by atoms with van der Waals surface area (Å²) in [6.07, 6.45) is 1.08. The molecule has 1 aliphatic rings. The Balaban J connectivity index is 2.08. The van der Waals surface area contributed by atoms with Crippen LogP contribution in [0.2, 0.25) is 0 Å². The molecule has 0 aliphatic carbocycles. The van der Waals surface area contributed by atoms with Gasteiger partial charge in [-0.2, -0.15) is 0 Å². The Bertz CT molecular complexity index is 542. The standard InChI is InChI=1S/C12H18FN3O2S/c1-19(17,18)15-9-10-2-3-12(11(13)8-10)16-6-4-14-5-7-16/h2-3,8,14-15H,4-7,9H2,1H3. The number of hydrogen-bond donors (Lipinski definition) is 2. The zero-order chi connectivity index (χ0) is 13.9. The van der Waals surface area contributed by atoms with Crippen LogP contribution in [0.5, 0.6) is 0 Å². The van der Waals surface area contributed by atoms with Gasteiger partial charge in [0.25, 0.3) is 0 Å². The van der Waals surface area contributed by atoms with Crippen molar-refractivity contribution in [3.8, 4) is 0 Å². The highest BCUT2D eigenvalue weighted by molar-refractivity contribution is 7.88. The maximum atomic E-state index is 14.0. The Kier molecular flexibility index (Phi) is 4.38. The van der Waals surface area contributed by atoms with Crippen LogP contribution in [0.3, 0.4) is 0 Å². The normalized spacial score (nSPS) is 16.6. The zero-order valence-electron chi connectivity index (χ0n) is 10.8. The van der Waals surface area contributed by atoms with Gasteiger partial charge in [-0.25, -0.2) is 17.5 Å². The number of piperazine rings is 1. The van der Waals surface area contributed by atoms with E-state index in [1.165, 1.54) is 6.07 Å². The summed E-state index contributed by atoms with van der Waals surface area (Å²) in [6.45, 7) is 3.35. The molecule has 2 rings (SSSR count). The Hall–Kier alpha value is -1.18. The number of hydrogen-bond acceptors (Lipinski definition) is 4. The molecule has 1 aromatic carbocycles. The average molecular weight is 287 g/mol. The predicted molar refractivity (Wildman–Crippen MR) is 73.2 cm³/mol. The third kappa shape index (κ3) is 4.15. The van der Waals surface area contributed by atoms with Gasteiger partial charge in [0.1, 0.15) is 5.82 Å². The van der Waals surface area contributed by atoms with E-state index in [-0.39, 0.29) is 12.4 Å². The summed E-state index contributed by atoms with van der Waals surface area (Å²) in [5.74, 6) is -0.310. The van der Waals surface area contributed by atoms with Crippen LogP contribution in [0.15, 0.2) is 18.2 Å². The van der Waals surface area contributed by atoms with Gasteiger partial charge in [0.15, 0.2) is 0 Å². The second kappa shape index (κ2) is 5.85. The molecule has 0 bridgehead atoms. The minimum absolute atomic E-state index is 0.109. The van der Waals surface area contributed by atoms with Crippen molar-refractivity contribution in [1.29, 1.82) is 0 Å². The molecule has 2 N–H and O–H groups in total. The number of sulfonamides is 1. The van der Waals surface area contributed by atoms with Gasteiger partial charge >= 0.3 is 0 Å². The third-order valence-electron chi connectivity index (χ3n) is 3.01. The molecule has 0 atom stereocenters. The largest absolute Gasteiger partial charge is 0.367 e. The van der Waals surface area contributed by atoms with E-state index in [4.69, 9.17) is 0 Å². The van der Waals surface area contributed by atoms with Crippen LogP contribution in [-0.2, 0) is 16.6 Å². The molecule has 0 saturated carbocycles. The van der Waals surface area contributed by atoms with Crippen molar-refractivity contribution in [2.45, 2.75) is 6.54 Å². The highest BCUT2D eigenvalue weighted by atomic mass is 32.2. The van der Waals surface area contributed by atoms with Crippen molar-refractivity contribution in [2.75, 3.05) is 37.3 Å². The maximum absolute atomic E-state index is 14.0. The van der Waals surface area contributed by atoms with Crippen molar-refractivity contribution < 1.29 is 12.8 Å². The van der Waals surface area contributed by atoms with Crippen molar-refractivity contribution in [3.05, 3.63) is 29.6 Å². The first kappa shape index (κ1) is 14.2. The van der Waals surface area contributed by atoms with Crippen LogP contribution in [0.4, 0.5) is 10.1 Å². The van der Waals surface area contributed by atoms with E-state index in [9.17, 15) is 12.8 Å². The number of rotatable bonds is 4. The van der Waals surface area contributed by atoms with Crippen LogP contribution in [0, 0.1) is 5.82 Å². The molecule has 0 unspecified atom stereocenters. The number of halogens is 1. The molecular formula is C12H18FN3O2S. The topological polar surface area (TPSA) is 61.4 Å². The molecule has 0 aromatic heterocycles. The summed E-state index contributed by atoms with van der Waals surface area (Å²) in [5.41, 5.74) is 1.19. The molecule has 1 fully saturated rings. The molecule has 0 radical (unpaired) electrons. The Morgan fingerprint density at radius 3 is 2.63 bits per heavy atom. The number of nitrogens with zero attached hydrogens (tertiary/aromatic N) is 1. The summed E-state index contributed by atoms with van der Waals surface area (Å²) in [6, 6.07) is 4.84. The SMILES string of the molecule is CS(=O)(=O)NCc1ccc(N2CCNCC2)c(F)c1. The van der Waals surface area contributed by atoms with E-state index in [0.717, 1.165) is 32.4 Å². The Labute approximate surface area is 112 Å². The summed E-state index contributed by atoms with van der Waals surface area (Å²) >= 11 is 0. The molecule has 1 aliphatic heterocycles. The molecule has 106 valence electrons. The van der Waals surface area contributed by atoms with Gasteiger partial charge in [-0.1, -0.05) is 6.07 Å². The monoisotopic (exact) mass is 287 g/mol. The van der Waals surface area contributed by atoms with E-state index in [0.29, 0.717) is 11.3 Å². The van der Waals surface area contributed by atoms with E-state index in [1.54, 1.807) is 12.1 Å². The van der Waals surface area contributed by atoms with Crippen LogP contribution in [0.1, 0.15) is 5.56 Å². The van der Waals surface area contributed by atoms with Crippen molar-refractivity contribution in [1.82, 2.24) is 10.0 Å². The first-order valence-corrected chi connectivity index (χ1v) is 8.03. The molecule has 1 saturated heterocycles. The first-order chi connectivity index (χ1) is 8.96. The predicted octanol–water partition coefficient (Wildman–Crippen LogP) is 0.285. The van der Waals surface area contributed by atoms with Crippen LogP contribution in [0.25, 0.3) is 0 Å². The fourth-order valence-electron chi connectivity index (χ4n) is 2.04. The second-order valence-corrected chi connectivity index (χ2v) is 6.45. The number of nitrogens with one attached hydrogen (secondary N) is 2. The van der Waals surface area contributed by atoms with Gasteiger partial charge in [-0.05, 0) is 17.7 Å². The lowest BCUT2D eigenvalue weighted by atomic mass is 10.1. The summed E-state index contributed by atoms with van der Waals surface area (Å²) < 4.78 is 38.3. The summed E-state index contributed by atoms with van der Waals surface area (Å²) in [7, 11) is -3.26. The number of anilines is 1. The first-order valence-electron chi connectivity index (χ1n) is 6.14. The Morgan fingerprint density at radius 1 is 1.37 bits per heavy atom. The van der Waals surface area contributed by atoms with Crippen LogP contribution < -0.4 is 14.9 Å². The second-order valence-electron chi connectivity index (χ2n) is 4.62. The summed E-state index contributed by atoms with van der Waals surface area (Å²) in [5, 5.41) is 3.21. The van der Waals surface area contributed by atoms with Crippen molar-refractivity contribution in [3.63, 3.8) is 0 Å².